The first-order chi connectivity index (χ1) is 10.4. The molecule has 0 bridgehead atoms. The van der Waals surface area contributed by atoms with Gasteiger partial charge in [0.15, 0.2) is 0 Å². The maximum Gasteiger partial charge on any atom is 0.0576 e. The summed E-state index contributed by atoms with van der Waals surface area (Å²) in [4.78, 5) is 0. The highest BCUT2D eigenvalue weighted by Gasteiger charge is 2.17. The molecule has 1 N–H and O–H groups in total. The van der Waals surface area contributed by atoms with Crippen LogP contribution in [-0.2, 0) is 4.74 Å². The second-order valence-electron chi connectivity index (χ2n) is 6.77. The van der Waals surface area contributed by atoms with Crippen molar-refractivity contribution in [3.63, 3.8) is 0 Å². The van der Waals surface area contributed by atoms with Crippen LogP contribution in [0.1, 0.15) is 97.3 Å². The zero-order valence-corrected chi connectivity index (χ0v) is 14.7. The molecule has 0 aromatic heterocycles. The molecule has 0 amide bonds. The van der Waals surface area contributed by atoms with Crippen molar-refractivity contribution in [2.45, 2.75) is 109 Å². The fourth-order valence-corrected chi connectivity index (χ4v) is 3.30. The van der Waals surface area contributed by atoms with E-state index in [4.69, 9.17) is 4.74 Å². The molecular weight excluding hydrogens is 258 g/mol. The molecular formula is C19H39NO. The molecule has 0 aromatic carbocycles. The summed E-state index contributed by atoms with van der Waals surface area (Å²) in [7, 11) is 0. The van der Waals surface area contributed by atoms with Crippen molar-refractivity contribution < 1.29 is 4.74 Å². The molecule has 0 spiro atoms. The quantitative estimate of drug-likeness (QED) is 0.430. The normalized spacial score (nSPS) is 20.0. The fourth-order valence-electron chi connectivity index (χ4n) is 3.30. The van der Waals surface area contributed by atoms with E-state index < -0.39 is 0 Å². The molecule has 2 atom stereocenters. The summed E-state index contributed by atoms with van der Waals surface area (Å²) in [6, 6.07) is 0.727. The van der Waals surface area contributed by atoms with E-state index in [-0.39, 0.29) is 0 Å². The predicted octanol–water partition coefficient (Wildman–Crippen LogP) is 5.45. The summed E-state index contributed by atoms with van der Waals surface area (Å²) in [6.07, 6.45) is 18.2. The lowest BCUT2D eigenvalue weighted by Crippen LogP contribution is -2.30. The van der Waals surface area contributed by atoms with Gasteiger partial charge in [-0.25, -0.2) is 0 Å². The minimum absolute atomic E-state index is 0.560. The Morgan fingerprint density at radius 3 is 2.38 bits per heavy atom. The molecule has 0 radical (unpaired) electrons. The Bertz CT molecular complexity index is 214. The maximum absolute atomic E-state index is 5.76. The predicted molar refractivity (Wildman–Crippen MR) is 92.9 cm³/mol. The number of ether oxygens (including phenoxy) is 1. The molecule has 1 aliphatic heterocycles. The van der Waals surface area contributed by atoms with Crippen molar-refractivity contribution in [3.05, 3.63) is 0 Å². The van der Waals surface area contributed by atoms with Crippen molar-refractivity contribution in [3.8, 4) is 0 Å². The van der Waals surface area contributed by atoms with Crippen LogP contribution < -0.4 is 5.32 Å². The first kappa shape index (κ1) is 19.0. The SMILES string of the molecule is CCCCCCCCCC(CCC1CCCO1)NCCC. The molecule has 0 saturated carbocycles. The fraction of sp³-hybridized carbons (Fsp3) is 1.00. The third-order valence-electron chi connectivity index (χ3n) is 4.70. The van der Waals surface area contributed by atoms with Crippen LogP contribution in [0.4, 0.5) is 0 Å². The average Bonchev–Trinajstić information content (AvgIpc) is 3.01. The average molecular weight is 298 g/mol. The van der Waals surface area contributed by atoms with E-state index in [0.29, 0.717) is 6.10 Å². The van der Waals surface area contributed by atoms with Gasteiger partial charge in [-0.05, 0) is 45.1 Å². The molecule has 1 aliphatic rings. The van der Waals surface area contributed by atoms with Gasteiger partial charge >= 0.3 is 0 Å². The summed E-state index contributed by atoms with van der Waals surface area (Å²) in [5.41, 5.74) is 0. The van der Waals surface area contributed by atoms with Crippen molar-refractivity contribution in [2.75, 3.05) is 13.2 Å². The Balaban J connectivity index is 2.04. The zero-order valence-electron chi connectivity index (χ0n) is 14.7. The van der Waals surface area contributed by atoms with E-state index in [0.717, 1.165) is 12.6 Å². The molecule has 126 valence electrons. The summed E-state index contributed by atoms with van der Waals surface area (Å²) in [5, 5.41) is 3.75. The van der Waals surface area contributed by atoms with Gasteiger partial charge in [-0.2, -0.15) is 0 Å². The van der Waals surface area contributed by atoms with Crippen molar-refractivity contribution >= 4 is 0 Å². The molecule has 2 heteroatoms. The number of hydrogen-bond donors (Lipinski definition) is 1. The first-order valence-corrected chi connectivity index (χ1v) is 9.71. The number of hydrogen-bond acceptors (Lipinski definition) is 2. The lowest BCUT2D eigenvalue weighted by Gasteiger charge is -2.20. The van der Waals surface area contributed by atoms with Gasteiger partial charge in [-0.15, -0.1) is 0 Å². The topological polar surface area (TPSA) is 21.3 Å². The van der Waals surface area contributed by atoms with Gasteiger partial charge in [-0.1, -0.05) is 58.8 Å². The van der Waals surface area contributed by atoms with Gasteiger partial charge < -0.3 is 10.1 Å². The van der Waals surface area contributed by atoms with Gasteiger partial charge in [0.25, 0.3) is 0 Å². The number of nitrogens with one attached hydrogen (secondary N) is 1. The lowest BCUT2D eigenvalue weighted by atomic mass is 9.99. The van der Waals surface area contributed by atoms with E-state index in [1.165, 1.54) is 90.0 Å². The summed E-state index contributed by atoms with van der Waals surface area (Å²) in [5.74, 6) is 0. The van der Waals surface area contributed by atoms with Gasteiger partial charge in [-0.3, -0.25) is 0 Å². The van der Waals surface area contributed by atoms with Crippen LogP contribution in [0.25, 0.3) is 0 Å². The van der Waals surface area contributed by atoms with Gasteiger partial charge in [0.2, 0.25) is 0 Å². The lowest BCUT2D eigenvalue weighted by molar-refractivity contribution is 0.0991. The molecule has 1 heterocycles. The Morgan fingerprint density at radius 1 is 0.952 bits per heavy atom. The monoisotopic (exact) mass is 297 g/mol. The molecule has 1 saturated heterocycles. The highest BCUT2D eigenvalue weighted by atomic mass is 16.5. The minimum atomic E-state index is 0.560. The zero-order chi connectivity index (χ0) is 15.2. The van der Waals surface area contributed by atoms with Crippen LogP contribution in [-0.4, -0.2) is 25.3 Å². The van der Waals surface area contributed by atoms with Crippen LogP contribution in [0.15, 0.2) is 0 Å². The van der Waals surface area contributed by atoms with Crippen LogP contribution >= 0.6 is 0 Å². The molecule has 2 nitrogen and oxygen atoms in total. The van der Waals surface area contributed by atoms with Crippen LogP contribution in [0, 0.1) is 0 Å². The van der Waals surface area contributed by atoms with E-state index in [2.05, 4.69) is 19.2 Å². The first-order valence-electron chi connectivity index (χ1n) is 9.71. The second kappa shape index (κ2) is 13.6. The molecule has 21 heavy (non-hydrogen) atoms. The van der Waals surface area contributed by atoms with Crippen molar-refractivity contribution in [1.29, 1.82) is 0 Å². The summed E-state index contributed by atoms with van der Waals surface area (Å²) in [6.45, 7) is 6.72. The Kier molecular flexibility index (Phi) is 12.3. The highest BCUT2D eigenvalue weighted by Crippen LogP contribution is 2.19. The molecule has 1 rings (SSSR count). The van der Waals surface area contributed by atoms with E-state index in [1.807, 2.05) is 0 Å². The third-order valence-corrected chi connectivity index (χ3v) is 4.70. The highest BCUT2D eigenvalue weighted by molar-refractivity contribution is 4.72. The van der Waals surface area contributed by atoms with E-state index in [9.17, 15) is 0 Å². The molecule has 0 aromatic rings. The van der Waals surface area contributed by atoms with Crippen LogP contribution in [0.2, 0.25) is 0 Å². The third kappa shape index (κ3) is 10.3. The van der Waals surface area contributed by atoms with Crippen LogP contribution in [0.5, 0.6) is 0 Å². The molecule has 2 unspecified atom stereocenters. The van der Waals surface area contributed by atoms with Crippen LogP contribution in [0.3, 0.4) is 0 Å². The minimum Gasteiger partial charge on any atom is -0.378 e. The Hall–Kier alpha value is -0.0800. The maximum atomic E-state index is 5.76. The van der Waals surface area contributed by atoms with Crippen molar-refractivity contribution in [2.24, 2.45) is 0 Å². The Morgan fingerprint density at radius 2 is 1.71 bits per heavy atom. The van der Waals surface area contributed by atoms with E-state index >= 15 is 0 Å². The molecule has 0 aliphatic carbocycles. The van der Waals surface area contributed by atoms with Gasteiger partial charge in [0, 0.05) is 12.6 Å². The summed E-state index contributed by atoms with van der Waals surface area (Å²) < 4.78 is 5.76. The van der Waals surface area contributed by atoms with Gasteiger partial charge in [0.1, 0.15) is 0 Å². The molecule has 1 fully saturated rings. The number of rotatable bonds is 14. The smallest absolute Gasteiger partial charge is 0.0576 e. The largest absolute Gasteiger partial charge is 0.378 e. The second-order valence-corrected chi connectivity index (χ2v) is 6.77. The van der Waals surface area contributed by atoms with E-state index in [1.54, 1.807) is 0 Å². The standard InChI is InChI=1S/C19H39NO/c1-3-5-6-7-8-9-10-12-18(20-16-4-2)14-15-19-13-11-17-21-19/h18-20H,3-17H2,1-2H3. The summed E-state index contributed by atoms with van der Waals surface area (Å²) >= 11 is 0. The van der Waals surface area contributed by atoms with Gasteiger partial charge in [0.05, 0.1) is 6.10 Å². The van der Waals surface area contributed by atoms with Crippen molar-refractivity contribution in [1.82, 2.24) is 5.32 Å². The Labute approximate surface area is 133 Å². The number of unbranched alkanes of at least 4 members (excludes halogenated alkanes) is 6.